The zero-order chi connectivity index (χ0) is 9.36. The average Bonchev–Trinajstić information content (AvgIpc) is 2.19. The molecule has 0 N–H and O–H groups in total. The summed E-state index contributed by atoms with van der Waals surface area (Å²) < 4.78 is 10.2. The summed E-state index contributed by atoms with van der Waals surface area (Å²) in [7, 11) is 1.74. The molecule has 0 spiro atoms. The molecule has 1 fully saturated rings. The van der Waals surface area contributed by atoms with Gasteiger partial charge in [0, 0.05) is 26.8 Å². The molecular formula is C10H19NO2. The summed E-state index contributed by atoms with van der Waals surface area (Å²) in [5, 5.41) is 0. The van der Waals surface area contributed by atoms with E-state index in [0.29, 0.717) is 0 Å². The fourth-order valence-corrected chi connectivity index (χ4v) is 1.30. The molecule has 3 nitrogen and oxygen atoms in total. The van der Waals surface area contributed by atoms with Gasteiger partial charge in [-0.15, -0.1) is 0 Å². The minimum absolute atomic E-state index is 0.855. The monoisotopic (exact) mass is 185 g/mol. The Bertz CT molecular complexity index is 142. The van der Waals surface area contributed by atoms with Crippen LogP contribution in [0.25, 0.3) is 0 Å². The van der Waals surface area contributed by atoms with Gasteiger partial charge in [-0.2, -0.15) is 0 Å². The maximum atomic E-state index is 5.25. The van der Waals surface area contributed by atoms with E-state index in [1.165, 1.54) is 0 Å². The number of unbranched alkanes of at least 4 members (excludes halogenated alkanes) is 1. The van der Waals surface area contributed by atoms with Gasteiger partial charge in [0.1, 0.15) is 0 Å². The van der Waals surface area contributed by atoms with E-state index in [9.17, 15) is 0 Å². The van der Waals surface area contributed by atoms with Gasteiger partial charge in [-0.05, 0) is 19.0 Å². The molecule has 0 bridgehead atoms. The largest absolute Gasteiger partial charge is 0.385 e. The number of hydrogen-bond donors (Lipinski definition) is 0. The number of rotatable bonds is 5. The zero-order valence-corrected chi connectivity index (χ0v) is 8.37. The Morgan fingerprint density at radius 2 is 2.15 bits per heavy atom. The Morgan fingerprint density at radius 1 is 1.38 bits per heavy atom. The Morgan fingerprint density at radius 3 is 2.85 bits per heavy atom. The molecule has 76 valence electrons. The van der Waals surface area contributed by atoms with E-state index in [2.05, 4.69) is 17.2 Å². The van der Waals surface area contributed by atoms with Crippen LogP contribution >= 0.6 is 0 Å². The van der Waals surface area contributed by atoms with Crippen molar-refractivity contribution in [3.8, 4) is 0 Å². The highest BCUT2D eigenvalue weighted by Gasteiger charge is 2.04. The zero-order valence-electron chi connectivity index (χ0n) is 8.37. The molecule has 13 heavy (non-hydrogen) atoms. The van der Waals surface area contributed by atoms with E-state index in [4.69, 9.17) is 9.47 Å². The third-order valence-corrected chi connectivity index (χ3v) is 2.08. The van der Waals surface area contributed by atoms with E-state index < -0.39 is 0 Å². The van der Waals surface area contributed by atoms with E-state index in [-0.39, 0.29) is 0 Å². The van der Waals surface area contributed by atoms with Crippen LogP contribution < -0.4 is 0 Å². The first-order valence-corrected chi connectivity index (χ1v) is 4.91. The molecule has 0 radical (unpaired) electrons. The van der Waals surface area contributed by atoms with Crippen molar-refractivity contribution >= 4 is 0 Å². The van der Waals surface area contributed by atoms with Crippen LogP contribution in [0.4, 0.5) is 0 Å². The van der Waals surface area contributed by atoms with Gasteiger partial charge in [-0.1, -0.05) is 6.08 Å². The lowest BCUT2D eigenvalue weighted by Crippen LogP contribution is -2.31. The molecule has 0 amide bonds. The van der Waals surface area contributed by atoms with Gasteiger partial charge in [-0.25, -0.2) is 0 Å². The normalized spacial score (nSPS) is 18.4. The molecule has 1 aliphatic rings. The Hall–Kier alpha value is -0.540. The van der Waals surface area contributed by atoms with Crippen LogP contribution in [-0.4, -0.2) is 44.9 Å². The predicted molar refractivity (Wildman–Crippen MR) is 52.6 cm³/mol. The van der Waals surface area contributed by atoms with Gasteiger partial charge in [0.15, 0.2) is 0 Å². The molecule has 1 rings (SSSR count). The van der Waals surface area contributed by atoms with Crippen molar-refractivity contribution in [3.05, 3.63) is 12.3 Å². The number of nitrogens with zero attached hydrogens (tertiary/aromatic N) is 1. The second-order valence-corrected chi connectivity index (χ2v) is 3.17. The van der Waals surface area contributed by atoms with Crippen molar-refractivity contribution in [2.75, 3.05) is 40.0 Å². The van der Waals surface area contributed by atoms with Crippen molar-refractivity contribution in [1.29, 1.82) is 0 Å². The maximum Gasteiger partial charge on any atom is 0.0642 e. The van der Waals surface area contributed by atoms with Gasteiger partial charge in [0.2, 0.25) is 0 Å². The summed E-state index contributed by atoms with van der Waals surface area (Å²) >= 11 is 0. The van der Waals surface area contributed by atoms with Crippen molar-refractivity contribution in [2.45, 2.75) is 12.8 Å². The lowest BCUT2D eigenvalue weighted by molar-refractivity contribution is 0.0592. The van der Waals surface area contributed by atoms with Crippen molar-refractivity contribution in [1.82, 2.24) is 4.90 Å². The van der Waals surface area contributed by atoms with E-state index in [1.54, 1.807) is 7.11 Å². The highest BCUT2D eigenvalue weighted by molar-refractivity contribution is 4.83. The highest BCUT2D eigenvalue weighted by Crippen LogP contribution is 1.99. The fraction of sp³-hybridized carbons (Fsp3) is 0.800. The molecule has 0 aromatic heterocycles. The summed E-state index contributed by atoms with van der Waals surface area (Å²) in [4.78, 5) is 2.30. The highest BCUT2D eigenvalue weighted by atomic mass is 16.5. The molecule has 1 saturated heterocycles. The van der Waals surface area contributed by atoms with Crippen LogP contribution in [0, 0.1) is 0 Å². The molecule has 1 heterocycles. The van der Waals surface area contributed by atoms with E-state index in [1.807, 2.05) is 0 Å². The molecule has 0 atom stereocenters. The molecule has 0 aliphatic carbocycles. The van der Waals surface area contributed by atoms with Gasteiger partial charge >= 0.3 is 0 Å². The topological polar surface area (TPSA) is 21.7 Å². The third-order valence-electron chi connectivity index (χ3n) is 2.08. The lowest BCUT2D eigenvalue weighted by atomic mass is 10.3. The molecular weight excluding hydrogens is 166 g/mol. The second kappa shape index (κ2) is 6.92. The van der Waals surface area contributed by atoms with Crippen LogP contribution in [0.1, 0.15) is 12.8 Å². The van der Waals surface area contributed by atoms with Crippen molar-refractivity contribution in [3.63, 3.8) is 0 Å². The summed E-state index contributed by atoms with van der Waals surface area (Å²) in [6.45, 7) is 4.64. The van der Waals surface area contributed by atoms with Gasteiger partial charge in [-0.3, -0.25) is 0 Å². The Labute approximate surface area is 80.3 Å². The van der Waals surface area contributed by atoms with Crippen molar-refractivity contribution in [2.24, 2.45) is 0 Å². The number of allylic oxidation sites excluding steroid dienone is 1. The molecule has 0 unspecified atom stereocenters. The number of morpholine rings is 1. The second-order valence-electron chi connectivity index (χ2n) is 3.17. The number of hydrogen-bond acceptors (Lipinski definition) is 3. The van der Waals surface area contributed by atoms with Crippen LogP contribution in [0.3, 0.4) is 0 Å². The maximum absolute atomic E-state index is 5.25. The predicted octanol–water partition coefficient (Wildman–Crippen LogP) is 1.26. The van der Waals surface area contributed by atoms with E-state index in [0.717, 1.165) is 45.8 Å². The fourth-order valence-electron chi connectivity index (χ4n) is 1.30. The van der Waals surface area contributed by atoms with Crippen LogP contribution in [0.2, 0.25) is 0 Å². The average molecular weight is 185 g/mol. The molecule has 0 saturated carbocycles. The Balaban J connectivity index is 2.01. The van der Waals surface area contributed by atoms with Crippen molar-refractivity contribution < 1.29 is 9.47 Å². The minimum Gasteiger partial charge on any atom is -0.385 e. The SMILES string of the molecule is COCCC/C=C/N1CCOCC1. The summed E-state index contributed by atoms with van der Waals surface area (Å²) in [5.74, 6) is 0. The van der Waals surface area contributed by atoms with Gasteiger partial charge < -0.3 is 14.4 Å². The minimum atomic E-state index is 0.855. The van der Waals surface area contributed by atoms with Gasteiger partial charge in [0.25, 0.3) is 0 Å². The summed E-state index contributed by atoms with van der Waals surface area (Å²) in [6, 6.07) is 0. The summed E-state index contributed by atoms with van der Waals surface area (Å²) in [6.07, 6.45) is 6.60. The first-order valence-electron chi connectivity index (χ1n) is 4.91. The first kappa shape index (κ1) is 10.5. The van der Waals surface area contributed by atoms with Gasteiger partial charge in [0.05, 0.1) is 13.2 Å². The van der Waals surface area contributed by atoms with Crippen LogP contribution in [0.15, 0.2) is 12.3 Å². The first-order chi connectivity index (χ1) is 6.43. The molecule has 3 heteroatoms. The summed E-state index contributed by atoms with van der Waals surface area (Å²) in [5.41, 5.74) is 0. The molecule has 0 aromatic rings. The molecule has 1 aliphatic heterocycles. The lowest BCUT2D eigenvalue weighted by Gasteiger charge is -2.24. The van der Waals surface area contributed by atoms with E-state index >= 15 is 0 Å². The number of methoxy groups -OCH3 is 1. The third kappa shape index (κ3) is 4.90. The smallest absolute Gasteiger partial charge is 0.0642 e. The molecule has 0 aromatic carbocycles. The quantitative estimate of drug-likeness (QED) is 0.602. The standard InChI is InChI=1S/C10H19NO2/c1-12-8-4-2-3-5-11-6-9-13-10-7-11/h3,5H,2,4,6-10H2,1H3/b5-3+. The van der Waals surface area contributed by atoms with Crippen LogP contribution in [0.5, 0.6) is 0 Å². The Kier molecular flexibility index (Phi) is 5.61. The number of ether oxygens (including phenoxy) is 2. The van der Waals surface area contributed by atoms with Crippen LogP contribution in [-0.2, 0) is 9.47 Å².